The normalized spacial score (nSPS) is 12.0. The number of rotatable bonds is 4. The average molecular weight is 276 g/mol. The van der Waals surface area contributed by atoms with Crippen LogP contribution < -0.4 is 11.1 Å². The molecule has 19 heavy (non-hydrogen) atoms. The summed E-state index contributed by atoms with van der Waals surface area (Å²) in [7, 11) is 0. The first-order valence-corrected chi connectivity index (χ1v) is 5.15. The van der Waals surface area contributed by atoms with Gasteiger partial charge in [-0.3, -0.25) is 9.59 Å². The third-order valence-electron chi connectivity index (χ3n) is 2.35. The fraction of sp³-hybridized carbons (Fsp3) is 0.273. The van der Waals surface area contributed by atoms with Crippen LogP contribution in [0.3, 0.4) is 0 Å². The zero-order valence-electron chi connectivity index (χ0n) is 9.84. The molecule has 0 bridgehead atoms. The Morgan fingerprint density at radius 1 is 1.37 bits per heavy atom. The van der Waals surface area contributed by atoms with Crippen molar-refractivity contribution in [1.29, 1.82) is 0 Å². The van der Waals surface area contributed by atoms with Gasteiger partial charge in [-0.05, 0) is 11.6 Å². The zero-order valence-corrected chi connectivity index (χ0v) is 9.84. The minimum atomic E-state index is -1.76. The Morgan fingerprint density at radius 3 is 2.42 bits per heavy atom. The summed E-state index contributed by atoms with van der Waals surface area (Å²) in [6, 6.07) is -0.777. The predicted octanol–water partition coefficient (Wildman–Crippen LogP) is 0.342. The average Bonchev–Trinajstić information content (AvgIpc) is 2.31. The van der Waals surface area contributed by atoms with E-state index in [-0.39, 0.29) is 0 Å². The van der Waals surface area contributed by atoms with Crippen LogP contribution in [0.5, 0.6) is 5.75 Å². The Bertz CT molecular complexity index is 534. The number of nitrogens with two attached hydrogens (primary N) is 1. The standard InChI is InChI=1S/C11H11F3N2O3/c1-4(17)16-7(11(15)19)3-5-2-6(12)10(18)9(14)8(5)13/h2,7,18H,3H2,1H3,(H2,15,19)(H,16,17)/t7-/m0/s1. The molecule has 5 nitrogen and oxygen atoms in total. The van der Waals surface area contributed by atoms with E-state index in [0.717, 1.165) is 6.92 Å². The van der Waals surface area contributed by atoms with Crippen LogP contribution in [0.4, 0.5) is 13.2 Å². The van der Waals surface area contributed by atoms with Gasteiger partial charge in [0.1, 0.15) is 6.04 Å². The summed E-state index contributed by atoms with van der Waals surface area (Å²) in [5.41, 5.74) is 4.45. The first-order valence-electron chi connectivity index (χ1n) is 5.15. The Balaban J connectivity index is 3.10. The molecule has 104 valence electrons. The number of carbonyl (C=O) groups is 2. The maximum Gasteiger partial charge on any atom is 0.240 e. The van der Waals surface area contributed by atoms with Crippen LogP contribution >= 0.6 is 0 Å². The lowest BCUT2D eigenvalue weighted by atomic mass is 10.0. The highest BCUT2D eigenvalue weighted by molar-refractivity contribution is 5.85. The summed E-state index contributed by atoms with van der Waals surface area (Å²) >= 11 is 0. The summed E-state index contributed by atoms with van der Waals surface area (Å²) in [5.74, 6) is -7.68. The molecule has 2 amide bonds. The molecule has 0 radical (unpaired) electrons. The molecular formula is C11H11F3N2O3. The SMILES string of the molecule is CC(=O)N[C@@H](Cc1cc(F)c(O)c(F)c1F)C(N)=O. The van der Waals surface area contributed by atoms with Crippen molar-refractivity contribution in [2.75, 3.05) is 0 Å². The van der Waals surface area contributed by atoms with Gasteiger partial charge in [0.15, 0.2) is 17.4 Å². The molecule has 0 aromatic heterocycles. The van der Waals surface area contributed by atoms with Gasteiger partial charge in [0.05, 0.1) is 0 Å². The van der Waals surface area contributed by atoms with E-state index in [1.165, 1.54) is 0 Å². The van der Waals surface area contributed by atoms with Crippen molar-refractivity contribution in [2.45, 2.75) is 19.4 Å². The Kier molecular flexibility index (Phi) is 4.36. The van der Waals surface area contributed by atoms with E-state index in [4.69, 9.17) is 10.8 Å². The van der Waals surface area contributed by atoms with Gasteiger partial charge in [-0.15, -0.1) is 0 Å². The van der Waals surface area contributed by atoms with Gasteiger partial charge < -0.3 is 16.2 Å². The number of hydrogen-bond donors (Lipinski definition) is 3. The molecule has 0 aliphatic heterocycles. The monoisotopic (exact) mass is 276 g/mol. The van der Waals surface area contributed by atoms with Crippen LogP contribution in [0.1, 0.15) is 12.5 Å². The topological polar surface area (TPSA) is 92.4 Å². The van der Waals surface area contributed by atoms with Crippen LogP contribution in [-0.4, -0.2) is 23.0 Å². The minimum absolute atomic E-state index is 0.523. The van der Waals surface area contributed by atoms with Gasteiger partial charge in [0.2, 0.25) is 17.6 Å². The molecular weight excluding hydrogens is 265 g/mol. The second-order valence-corrected chi connectivity index (χ2v) is 3.85. The predicted molar refractivity (Wildman–Crippen MR) is 58.5 cm³/mol. The Hall–Kier alpha value is -2.25. The van der Waals surface area contributed by atoms with Gasteiger partial charge >= 0.3 is 0 Å². The highest BCUT2D eigenvalue weighted by Gasteiger charge is 2.23. The van der Waals surface area contributed by atoms with Crippen LogP contribution in [0.25, 0.3) is 0 Å². The summed E-state index contributed by atoms with van der Waals surface area (Å²) in [4.78, 5) is 21.9. The Morgan fingerprint density at radius 2 is 1.95 bits per heavy atom. The van der Waals surface area contributed by atoms with Crippen LogP contribution in [0.2, 0.25) is 0 Å². The highest BCUT2D eigenvalue weighted by atomic mass is 19.2. The second-order valence-electron chi connectivity index (χ2n) is 3.85. The lowest BCUT2D eigenvalue weighted by molar-refractivity contribution is -0.126. The van der Waals surface area contributed by atoms with E-state index < -0.39 is 53.0 Å². The molecule has 0 saturated carbocycles. The molecule has 0 heterocycles. The molecule has 4 N–H and O–H groups in total. The maximum absolute atomic E-state index is 13.4. The molecule has 0 unspecified atom stereocenters. The van der Waals surface area contributed by atoms with E-state index in [0.29, 0.717) is 6.07 Å². The molecule has 0 aliphatic rings. The molecule has 1 aromatic carbocycles. The number of aromatic hydroxyl groups is 1. The third-order valence-corrected chi connectivity index (χ3v) is 2.35. The number of amides is 2. The van der Waals surface area contributed by atoms with Crippen molar-refractivity contribution in [2.24, 2.45) is 5.73 Å². The quantitative estimate of drug-likeness (QED) is 0.692. The maximum atomic E-state index is 13.4. The van der Waals surface area contributed by atoms with Crippen molar-refractivity contribution in [3.8, 4) is 5.75 Å². The molecule has 0 spiro atoms. The van der Waals surface area contributed by atoms with E-state index in [2.05, 4.69) is 5.32 Å². The smallest absolute Gasteiger partial charge is 0.240 e. The van der Waals surface area contributed by atoms with E-state index in [9.17, 15) is 22.8 Å². The van der Waals surface area contributed by atoms with Crippen molar-refractivity contribution in [3.05, 3.63) is 29.1 Å². The summed E-state index contributed by atoms with van der Waals surface area (Å²) in [5, 5.41) is 11.0. The Labute approximate surface area is 106 Å². The van der Waals surface area contributed by atoms with Crippen molar-refractivity contribution < 1.29 is 27.9 Å². The summed E-state index contributed by atoms with van der Waals surface area (Å²) in [6.45, 7) is 1.10. The number of phenolic OH excluding ortho intramolecular Hbond substituents is 1. The molecule has 1 aromatic rings. The van der Waals surface area contributed by atoms with Gasteiger partial charge in [-0.25, -0.2) is 8.78 Å². The lowest BCUT2D eigenvalue weighted by Crippen LogP contribution is -2.45. The van der Waals surface area contributed by atoms with Crippen molar-refractivity contribution in [3.63, 3.8) is 0 Å². The fourth-order valence-electron chi connectivity index (χ4n) is 1.47. The summed E-state index contributed by atoms with van der Waals surface area (Å²) < 4.78 is 39.6. The number of benzene rings is 1. The zero-order chi connectivity index (χ0) is 14.7. The number of halogens is 3. The second kappa shape index (κ2) is 5.59. The van der Waals surface area contributed by atoms with Gasteiger partial charge in [-0.2, -0.15) is 4.39 Å². The number of hydrogen-bond acceptors (Lipinski definition) is 3. The lowest BCUT2D eigenvalue weighted by Gasteiger charge is -2.15. The van der Waals surface area contributed by atoms with E-state index in [1.807, 2.05) is 0 Å². The van der Waals surface area contributed by atoms with Crippen molar-refractivity contribution in [1.82, 2.24) is 5.32 Å². The van der Waals surface area contributed by atoms with Crippen molar-refractivity contribution >= 4 is 11.8 Å². The molecule has 1 rings (SSSR count). The minimum Gasteiger partial charge on any atom is -0.503 e. The molecule has 0 aliphatic carbocycles. The van der Waals surface area contributed by atoms with Crippen LogP contribution in [-0.2, 0) is 16.0 Å². The molecule has 0 saturated heterocycles. The molecule has 8 heteroatoms. The van der Waals surface area contributed by atoms with Crippen LogP contribution in [0.15, 0.2) is 6.07 Å². The number of nitrogens with one attached hydrogen (secondary N) is 1. The highest BCUT2D eigenvalue weighted by Crippen LogP contribution is 2.25. The van der Waals surface area contributed by atoms with Gasteiger partial charge in [0, 0.05) is 13.3 Å². The first kappa shape index (κ1) is 14.8. The summed E-state index contributed by atoms with van der Waals surface area (Å²) in [6.07, 6.45) is -0.533. The molecule has 1 atom stereocenters. The number of carbonyl (C=O) groups excluding carboxylic acids is 2. The molecule has 0 fully saturated rings. The third kappa shape index (κ3) is 3.36. The van der Waals surface area contributed by atoms with E-state index in [1.54, 1.807) is 0 Å². The largest absolute Gasteiger partial charge is 0.503 e. The van der Waals surface area contributed by atoms with E-state index >= 15 is 0 Å². The number of primary amides is 1. The fourth-order valence-corrected chi connectivity index (χ4v) is 1.47. The number of phenols is 1. The van der Waals surface area contributed by atoms with Gasteiger partial charge in [0.25, 0.3) is 0 Å². The first-order chi connectivity index (χ1) is 8.73. The van der Waals surface area contributed by atoms with Crippen LogP contribution in [0, 0.1) is 17.5 Å². The van der Waals surface area contributed by atoms with Gasteiger partial charge in [-0.1, -0.05) is 0 Å².